The molecular formula is C6H11N5O. The minimum atomic E-state index is 0.158. The monoisotopic (exact) mass is 169 g/mol. The number of rotatable bonds is 2. The topological polar surface area (TPSA) is 102 Å². The molecule has 1 aromatic rings. The molecule has 66 valence electrons. The molecule has 0 aliphatic carbocycles. The van der Waals surface area contributed by atoms with Gasteiger partial charge in [-0.2, -0.15) is 0 Å². The molecule has 1 rings (SSSR count). The van der Waals surface area contributed by atoms with Crippen LogP contribution in [0.5, 0.6) is 0 Å². The van der Waals surface area contributed by atoms with Crippen molar-refractivity contribution in [3.8, 4) is 0 Å². The van der Waals surface area contributed by atoms with Crippen LogP contribution in [0, 0.1) is 6.92 Å². The summed E-state index contributed by atoms with van der Waals surface area (Å²) in [4.78, 5) is 7.75. The van der Waals surface area contributed by atoms with E-state index in [1.54, 1.807) is 6.20 Å². The van der Waals surface area contributed by atoms with Gasteiger partial charge in [-0.15, -0.1) is 0 Å². The number of aromatic nitrogens is 1. The molecule has 0 atom stereocenters. The van der Waals surface area contributed by atoms with Crippen LogP contribution in [0.3, 0.4) is 0 Å². The van der Waals surface area contributed by atoms with Gasteiger partial charge in [-0.05, 0) is 6.92 Å². The number of nitrogens with zero attached hydrogens (tertiary/aromatic N) is 2. The molecule has 0 aliphatic heterocycles. The first-order valence-electron chi connectivity index (χ1n) is 3.40. The zero-order valence-corrected chi connectivity index (χ0v) is 6.74. The Balaban J connectivity index is 2.53. The highest BCUT2D eigenvalue weighted by Crippen LogP contribution is 2.01. The maximum absolute atomic E-state index is 5.27. The van der Waals surface area contributed by atoms with Crippen LogP contribution in [0.1, 0.15) is 11.7 Å². The quantitative estimate of drug-likeness (QED) is 0.234. The predicted octanol–water partition coefficient (Wildman–Crippen LogP) is -0.739. The van der Waals surface area contributed by atoms with E-state index in [1.165, 1.54) is 0 Å². The summed E-state index contributed by atoms with van der Waals surface area (Å²) >= 11 is 0. The van der Waals surface area contributed by atoms with E-state index in [4.69, 9.17) is 16.0 Å². The molecule has 12 heavy (non-hydrogen) atoms. The average molecular weight is 169 g/mol. The van der Waals surface area contributed by atoms with E-state index >= 15 is 0 Å². The molecule has 0 radical (unpaired) electrons. The van der Waals surface area contributed by atoms with E-state index in [1.807, 2.05) is 6.92 Å². The van der Waals surface area contributed by atoms with Gasteiger partial charge in [0.25, 0.3) is 0 Å². The summed E-state index contributed by atoms with van der Waals surface area (Å²) in [6, 6.07) is 0. The van der Waals surface area contributed by atoms with Gasteiger partial charge in [0, 0.05) is 0 Å². The van der Waals surface area contributed by atoms with Crippen molar-refractivity contribution in [2.45, 2.75) is 13.5 Å². The lowest BCUT2D eigenvalue weighted by Crippen LogP contribution is -2.37. The van der Waals surface area contributed by atoms with E-state index in [0.29, 0.717) is 12.4 Å². The first kappa shape index (κ1) is 8.54. The number of hydrazine groups is 1. The molecule has 0 saturated carbocycles. The van der Waals surface area contributed by atoms with Crippen LogP contribution in [0.4, 0.5) is 0 Å². The van der Waals surface area contributed by atoms with Crippen LogP contribution in [-0.2, 0) is 6.54 Å². The summed E-state index contributed by atoms with van der Waals surface area (Å²) < 4.78 is 5.14. The van der Waals surface area contributed by atoms with Crippen molar-refractivity contribution in [3.05, 3.63) is 17.8 Å². The Bertz CT molecular complexity index is 279. The fraction of sp³-hybridized carbons (Fsp3) is 0.333. The average Bonchev–Trinajstić information content (AvgIpc) is 2.47. The number of aliphatic imine (C=N–C) groups is 1. The number of nitrogens with two attached hydrogens (primary N) is 2. The fourth-order valence-corrected chi connectivity index (χ4v) is 0.673. The van der Waals surface area contributed by atoms with Gasteiger partial charge in [-0.3, -0.25) is 5.43 Å². The van der Waals surface area contributed by atoms with E-state index in [9.17, 15) is 0 Å². The highest BCUT2D eigenvalue weighted by Gasteiger charge is 1.97. The maximum atomic E-state index is 5.27. The van der Waals surface area contributed by atoms with Gasteiger partial charge in [0.1, 0.15) is 12.3 Å². The minimum absolute atomic E-state index is 0.158. The van der Waals surface area contributed by atoms with Gasteiger partial charge in [-0.25, -0.2) is 15.8 Å². The predicted molar refractivity (Wildman–Crippen MR) is 43.9 cm³/mol. The van der Waals surface area contributed by atoms with E-state index < -0.39 is 0 Å². The molecule has 0 amide bonds. The third kappa shape index (κ3) is 2.24. The maximum Gasteiger partial charge on any atom is 0.216 e. The van der Waals surface area contributed by atoms with Crippen molar-refractivity contribution in [1.82, 2.24) is 10.4 Å². The van der Waals surface area contributed by atoms with Crippen LogP contribution < -0.4 is 17.0 Å². The van der Waals surface area contributed by atoms with Crippen LogP contribution in [0.2, 0.25) is 0 Å². The Labute approximate surface area is 69.6 Å². The lowest BCUT2D eigenvalue weighted by atomic mass is 10.6. The molecule has 1 heterocycles. The summed E-state index contributed by atoms with van der Waals surface area (Å²) in [5.74, 6) is 6.41. The Morgan fingerprint density at radius 2 is 2.58 bits per heavy atom. The summed E-state index contributed by atoms with van der Waals surface area (Å²) in [6.07, 6.45) is 1.62. The Morgan fingerprint density at radius 3 is 3.08 bits per heavy atom. The lowest BCUT2D eigenvalue weighted by molar-refractivity contribution is 0.474. The molecule has 6 heteroatoms. The second-order valence-electron chi connectivity index (χ2n) is 2.21. The number of hydrogen-bond acceptors (Lipinski definition) is 4. The van der Waals surface area contributed by atoms with Gasteiger partial charge in [0.05, 0.1) is 6.20 Å². The SMILES string of the molecule is Cc1cnc(CN=C(N)NN)o1. The van der Waals surface area contributed by atoms with Crippen molar-refractivity contribution in [2.75, 3.05) is 0 Å². The molecule has 6 nitrogen and oxygen atoms in total. The number of guanidine groups is 1. The molecule has 0 saturated heterocycles. The zero-order chi connectivity index (χ0) is 8.97. The molecular weight excluding hydrogens is 158 g/mol. The van der Waals surface area contributed by atoms with Crippen molar-refractivity contribution in [2.24, 2.45) is 16.6 Å². The minimum Gasteiger partial charge on any atom is -0.444 e. The lowest BCUT2D eigenvalue weighted by Gasteiger charge is -1.95. The first-order chi connectivity index (χ1) is 5.72. The van der Waals surface area contributed by atoms with Gasteiger partial charge >= 0.3 is 0 Å². The molecule has 1 aromatic heterocycles. The number of oxazole rings is 1. The van der Waals surface area contributed by atoms with Crippen LogP contribution in [0.15, 0.2) is 15.6 Å². The Kier molecular flexibility index (Phi) is 2.65. The van der Waals surface area contributed by atoms with Crippen LogP contribution in [-0.4, -0.2) is 10.9 Å². The van der Waals surface area contributed by atoms with E-state index in [2.05, 4.69) is 15.4 Å². The summed E-state index contributed by atoms with van der Waals surface area (Å²) in [5, 5.41) is 0. The van der Waals surface area contributed by atoms with Gasteiger partial charge in [0.2, 0.25) is 11.9 Å². The molecule has 0 spiro atoms. The summed E-state index contributed by atoms with van der Waals surface area (Å²) in [7, 11) is 0. The van der Waals surface area contributed by atoms with Crippen molar-refractivity contribution < 1.29 is 4.42 Å². The van der Waals surface area contributed by atoms with Crippen LogP contribution >= 0.6 is 0 Å². The van der Waals surface area contributed by atoms with Crippen molar-refractivity contribution in [1.29, 1.82) is 0 Å². The largest absolute Gasteiger partial charge is 0.444 e. The van der Waals surface area contributed by atoms with Gasteiger partial charge in [-0.1, -0.05) is 0 Å². The third-order valence-electron chi connectivity index (χ3n) is 1.20. The number of hydrogen-bond donors (Lipinski definition) is 3. The fourth-order valence-electron chi connectivity index (χ4n) is 0.673. The molecule has 5 N–H and O–H groups in total. The number of aryl methyl sites for hydroxylation is 1. The first-order valence-corrected chi connectivity index (χ1v) is 3.40. The Morgan fingerprint density at radius 1 is 1.83 bits per heavy atom. The standard InChI is InChI=1S/C6H11N5O/c1-4-2-9-5(12-4)3-10-6(7)11-8/h2H,3,8H2,1H3,(H3,7,10,11). The number of nitrogens with one attached hydrogen (secondary N) is 1. The molecule has 0 aliphatic rings. The molecule has 0 aromatic carbocycles. The summed E-state index contributed by atoms with van der Waals surface area (Å²) in [6.45, 7) is 2.11. The molecule has 0 fully saturated rings. The second kappa shape index (κ2) is 3.72. The van der Waals surface area contributed by atoms with Gasteiger partial charge < -0.3 is 10.2 Å². The van der Waals surface area contributed by atoms with Crippen molar-refractivity contribution >= 4 is 5.96 Å². The normalized spacial score (nSPS) is 11.7. The van der Waals surface area contributed by atoms with Crippen molar-refractivity contribution in [3.63, 3.8) is 0 Å². The highest BCUT2D eigenvalue weighted by atomic mass is 16.4. The van der Waals surface area contributed by atoms with Gasteiger partial charge in [0.15, 0.2) is 0 Å². The third-order valence-corrected chi connectivity index (χ3v) is 1.20. The second-order valence-corrected chi connectivity index (χ2v) is 2.21. The van der Waals surface area contributed by atoms with E-state index in [0.717, 1.165) is 5.76 Å². The molecule has 0 unspecified atom stereocenters. The highest BCUT2D eigenvalue weighted by molar-refractivity contribution is 5.76. The Hall–Kier alpha value is -1.56. The van der Waals surface area contributed by atoms with E-state index in [-0.39, 0.29) is 5.96 Å². The molecule has 0 bridgehead atoms. The zero-order valence-electron chi connectivity index (χ0n) is 6.74. The van der Waals surface area contributed by atoms with Crippen LogP contribution in [0.25, 0.3) is 0 Å². The smallest absolute Gasteiger partial charge is 0.216 e. The summed E-state index contributed by atoms with van der Waals surface area (Å²) in [5.41, 5.74) is 7.47.